The number of hydrogen-bond donors (Lipinski definition) is 1. The summed E-state index contributed by atoms with van der Waals surface area (Å²) >= 11 is 0. The Bertz CT molecular complexity index is 314. The van der Waals surface area contributed by atoms with E-state index in [1.54, 1.807) is 20.8 Å². The first-order valence-electron chi connectivity index (χ1n) is 5.45. The molecule has 0 amide bonds. The Hall–Kier alpha value is -1.06. The number of carboxylic acid groups (broad SMARTS) is 1. The summed E-state index contributed by atoms with van der Waals surface area (Å²) in [6.07, 6.45) is 0.703. The molecule has 4 nitrogen and oxygen atoms in total. The normalized spacial score (nSPS) is 22.1. The van der Waals surface area contributed by atoms with Crippen LogP contribution in [0.25, 0.3) is 0 Å². The van der Waals surface area contributed by atoms with Crippen LogP contribution in [0.5, 0.6) is 0 Å². The van der Waals surface area contributed by atoms with Gasteiger partial charge in [-0.3, -0.25) is 9.59 Å². The van der Waals surface area contributed by atoms with Gasteiger partial charge in [0.25, 0.3) is 0 Å². The molecule has 0 aromatic rings. The van der Waals surface area contributed by atoms with E-state index >= 15 is 0 Å². The van der Waals surface area contributed by atoms with E-state index in [2.05, 4.69) is 0 Å². The van der Waals surface area contributed by atoms with Crippen LogP contribution in [-0.4, -0.2) is 22.6 Å². The summed E-state index contributed by atoms with van der Waals surface area (Å²) < 4.78 is 5.18. The number of carbonyl (C=O) groups is 2. The maximum Gasteiger partial charge on any atom is 0.324 e. The molecule has 0 saturated heterocycles. The van der Waals surface area contributed by atoms with E-state index in [-0.39, 0.29) is 5.41 Å². The fourth-order valence-electron chi connectivity index (χ4n) is 2.34. The summed E-state index contributed by atoms with van der Waals surface area (Å²) in [6.45, 7) is 9.13. The lowest BCUT2D eigenvalue weighted by molar-refractivity contribution is -0.193. The van der Waals surface area contributed by atoms with Crippen LogP contribution in [0.1, 0.15) is 47.5 Å². The Morgan fingerprint density at radius 3 is 1.88 bits per heavy atom. The molecule has 0 aliphatic heterocycles. The molecule has 1 fully saturated rings. The highest BCUT2D eigenvalue weighted by atomic mass is 16.6. The van der Waals surface area contributed by atoms with Crippen molar-refractivity contribution in [3.05, 3.63) is 0 Å². The first-order valence-corrected chi connectivity index (χ1v) is 5.45. The predicted molar refractivity (Wildman–Crippen MR) is 58.9 cm³/mol. The van der Waals surface area contributed by atoms with E-state index in [9.17, 15) is 14.7 Å². The molecule has 0 heterocycles. The molecule has 0 bridgehead atoms. The van der Waals surface area contributed by atoms with E-state index in [4.69, 9.17) is 4.74 Å². The number of ether oxygens (including phenoxy) is 1. The standard InChI is InChI=1S/C12H20O4/c1-10(2,3)16-9(15)12(8(13)14)6-11(4,5)7-12/h6-7H2,1-5H3,(H,13,14). The summed E-state index contributed by atoms with van der Waals surface area (Å²) in [7, 11) is 0. The van der Waals surface area contributed by atoms with Gasteiger partial charge < -0.3 is 9.84 Å². The van der Waals surface area contributed by atoms with Crippen molar-refractivity contribution in [2.24, 2.45) is 10.8 Å². The molecule has 1 saturated carbocycles. The van der Waals surface area contributed by atoms with Gasteiger partial charge in [-0.25, -0.2) is 0 Å². The van der Waals surface area contributed by atoms with Gasteiger partial charge in [0.05, 0.1) is 0 Å². The third-order valence-electron chi connectivity index (χ3n) is 2.76. The van der Waals surface area contributed by atoms with Crippen LogP contribution < -0.4 is 0 Å². The van der Waals surface area contributed by atoms with Crippen molar-refractivity contribution in [2.75, 3.05) is 0 Å². The van der Waals surface area contributed by atoms with E-state index < -0.39 is 23.0 Å². The molecule has 1 aliphatic carbocycles. The lowest BCUT2D eigenvalue weighted by Gasteiger charge is -2.48. The Balaban J connectivity index is 2.83. The van der Waals surface area contributed by atoms with Crippen LogP contribution in [0.2, 0.25) is 0 Å². The molecular weight excluding hydrogens is 208 g/mol. The number of rotatable bonds is 2. The van der Waals surface area contributed by atoms with Crippen molar-refractivity contribution >= 4 is 11.9 Å². The summed E-state index contributed by atoms with van der Waals surface area (Å²) in [4.78, 5) is 23.1. The molecule has 16 heavy (non-hydrogen) atoms. The van der Waals surface area contributed by atoms with Gasteiger partial charge in [0.15, 0.2) is 5.41 Å². The fraction of sp³-hybridized carbons (Fsp3) is 0.833. The molecule has 0 unspecified atom stereocenters. The Labute approximate surface area is 96.0 Å². The van der Waals surface area contributed by atoms with E-state index in [1.807, 2.05) is 13.8 Å². The molecule has 1 rings (SSSR count). The smallest absolute Gasteiger partial charge is 0.324 e. The van der Waals surface area contributed by atoms with Gasteiger partial charge in [0, 0.05) is 0 Å². The van der Waals surface area contributed by atoms with Crippen molar-refractivity contribution in [1.82, 2.24) is 0 Å². The second kappa shape index (κ2) is 3.47. The van der Waals surface area contributed by atoms with Gasteiger partial charge in [0.1, 0.15) is 5.60 Å². The number of esters is 1. The third-order valence-corrected chi connectivity index (χ3v) is 2.76. The zero-order chi connectivity index (χ0) is 12.8. The van der Waals surface area contributed by atoms with Crippen LogP contribution in [-0.2, 0) is 14.3 Å². The second-order valence-electron chi connectivity index (χ2n) is 6.41. The van der Waals surface area contributed by atoms with Gasteiger partial charge >= 0.3 is 11.9 Å². The molecule has 1 aliphatic rings. The molecule has 1 N–H and O–H groups in total. The average Bonchev–Trinajstić information content (AvgIpc) is 1.94. The lowest BCUT2D eigenvalue weighted by atomic mass is 9.54. The first kappa shape index (κ1) is 13.0. The monoisotopic (exact) mass is 228 g/mol. The zero-order valence-corrected chi connectivity index (χ0v) is 10.6. The summed E-state index contributed by atoms with van der Waals surface area (Å²) in [5.41, 5.74) is -2.05. The Kier molecular flexibility index (Phi) is 2.82. The number of carboxylic acids is 1. The van der Waals surface area contributed by atoms with Crippen molar-refractivity contribution in [3.8, 4) is 0 Å². The van der Waals surface area contributed by atoms with Gasteiger partial charge in [-0.2, -0.15) is 0 Å². The summed E-state index contributed by atoms with van der Waals surface area (Å²) in [5.74, 6) is -1.67. The van der Waals surface area contributed by atoms with E-state index in [1.165, 1.54) is 0 Å². The van der Waals surface area contributed by atoms with Gasteiger partial charge in [0.2, 0.25) is 0 Å². The summed E-state index contributed by atoms with van der Waals surface area (Å²) in [5, 5.41) is 9.18. The Morgan fingerprint density at radius 2 is 1.62 bits per heavy atom. The molecular formula is C12H20O4. The van der Waals surface area contributed by atoms with Gasteiger partial charge in [-0.05, 0) is 39.0 Å². The molecule has 4 heteroatoms. The highest BCUT2D eigenvalue weighted by Gasteiger charge is 2.61. The van der Waals surface area contributed by atoms with Gasteiger partial charge in [-0.15, -0.1) is 0 Å². The largest absolute Gasteiger partial charge is 0.480 e. The zero-order valence-electron chi connectivity index (χ0n) is 10.6. The fourth-order valence-corrected chi connectivity index (χ4v) is 2.34. The van der Waals surface area contributed by atoms with Crippen molar-refractivity contribution in [2.45, 2.75) is 53.1 Å². The highest BCUT2D eigenvalue weighted by Crippen LogP contribution is 2.55. The second-order valence-corrected chi connectivity index (χ2v) is 6.41. The molecule has 0 atom stereocenters. The van der Waals surface area contributed by atoms with Crippen LogP contribution in [0.15, 0.2) is 0 Å². The lowest BCUT2D eigenvalue weighted by Crippen LogP contribution is -2.55. The van der Waals surface area contributed by atoms with Crippen molar-refractivity contribution < 1.29 is 19.4 Å². The minimum absolute atomic E-state index is 0.0880. The van der Waals surface area contributed by atoms with Crippen molar-refractivity contribution in [3.63, 3.8) is 0 Å². The highest BCUT2D eigenvalue weighted by molar-refractivity contribution is 6.00. The summed E-state index contributed by atoms with van der Waals surface area (Å²) in [6, 6.07) is 0. The van der Waals surface area contributed by atoms with Crippen LogP contribution >= 0.6 is 0 Å². The maximum absolute atomic E-state index is 11.9. The molecule has 0 radical (unpaired) electrons. The van der Waals surface area contributed by atoms with E-state index in [0.717, 1.165) is 0 Å². The molecule has 0 aromatic carbocycles. The molecule has 0 aromatic heterocycles. The number of carbonyl (C=O) groups excluding carboxylic acids is 1. The maximum atomic E-state index is 11.9. The van der Waals surface area contributed by atoms with Gasteiger partial charge in [-0.1, -0.05) is 13.8 Å². The van der Waals surface area contributed by atoms with Crippen LogP contribution in [0.4, 0.5) is 0 Å². The topological polar surface area (TPSA) is 63.6 Å². The van der Waals surface area contributed by atoms with Crippen molar-refractivity contribution in [1.29, 1.82) is 0 Å². The quantitative estimate of drug-likeness (QED) is 0.581. The number of aliphatic carboxylic acids is 1. The average molecular weight is 228 g/mol. The molecule has 0 spiro atoms. The predicted octanol–water partition coefficient (Wildman–Crippen LogP) is 2.22. The SMILES string of the molecule is CC1(C)CC(C(=O)O)(C(=O)OC(C)(C)C)C1. The molecule has 92 valence electrons. The third kappa shape index (κ3) is 2.36. The minimum atomic E-state index is -1.32. The number of hydrogen-bond acceptors (Lipinski definition) is 3. The van der Waals surface area contributed by atoms with Crippen LogP contribution in [0, 0.1) is 10.8 Å². The van der Waals surface area contributed by atoms with E-state index in [0.29, 0.717) is 12.8 Å². The minimum Gasteiger partial charge on any atom is -0.480 e. The van der Waals surface area contributed by atoms with Crippen LogP contribution in [0.3, 0.4) is 0 Å². The Morgan fingerprint density at radius 1 is 1.19 bits per heavy atom. The first-order chi connectivity index (χ1) is 6.99.